The minimum atomic E-state index is -0.703. The molecule has 1 saturated carbocycles. The number of nitrogens with zero attached hydrogens (tertiary/aromatic N) is 1. The van der Waals surface area contributed by atoms with E-state index in [0.717, 1.165) is 42.6 Å². The molecule has 2 amide bonds. The summed E-state index contributed by atoms with van der Waals surface area (Å²) < 4.78 is 5.24. The summed E-state index contributed by atoms with van der Waals surface area (Å²) >= 11 is 14.6. The van der Waals surface area contributed by atoms with Crippen LogP contribution in [0.5, 0.6) is 5.75 Å². The zero-order valence-electron chi connectivity index (χ0n) is 22.8. The van der Waals surface area contributed by atoms with Gasteiger partial charge in [0.15, 0.2) is 0 Å². The molecule has 0 heterocycles. The number of amides is 2. The number of hydrogen-bond acceptors (Lipinski definition) is 4. The SMILES string of the molecule is COc1ccc(CSCC(=O)N(Cc2c(Cl)cccc2Cl)[C@H](Cc2ccccc2)C(=O)NC2CCCCC2)cc1. The molecule has 1 atom stereocenters. The number of methoxy groups -OCH3 is 1. The highest BCUT2D eigenvalue weighted by atomic mass is 35.5. The van der Waals surface area contributed by atoms with Crippen LogP contribution in [-0.2, 0) is 28.3 Å². The summed E-state index contributed by atoms with van der Waals surface area (Å²) in [5, 5.41) is 4.21. The van der Waals surface area contributed by atoms with Crippen molar-refractivity contribution in [1.29, 1.82) is 0 Å². The van der Waals surface area contributed by atoms with Gasteiger partial charge < -0.3 is 15.0 Å². The predicted octanol–water partition coefficient (Wildman–Crippen LogP) is 7.32. The van der Waals surface area contributed by atoms with Gasteiger partial charge in [-0.3, -0.25) is 9.59 Å². The fourth-order valence-electron chi connectivity index (χ4n) is 5.01. The van der Waals surface area contributed by atoms with Crippen molar-refractivity contribution >= 4 is 46.8 Å². The summed E-state index contributed by atoms with van der Waals surface area (Å²) in [7, 11) is 1.64. The van der Waals surface area contributed by atoms with E-state index in [0.29, 0.717) is 27.8 Å². The van der Waals surface area contributed by atoms with Gasteiger partial charge in [0.25, 0.3) is 0 Å². The van der Waals surface area contributed by atoms with Crippen LogP contribution in [0.3, 0.4) is 0 Å². The second-order valence-electron chi connectivity index (χ2n) is 10.1. The number of thioether (sulfide) groups is 1. The molecule has 1 aliphatic rings. The van der Waals surface area contributed by atoms with Gasteiger partial charge in [-0.1, -0.05) is 91.0 Å². The average molecular weight is 600 g/mol. The quantitative estimate of drug-likeness (QED) is 0.237. The van der Waals surface area contributed by atoms with E-state index >= 15 is 0 Å². The van der Waals surface area contributed by atoms with Gasteiger partial charge in [0.05, 0.1) is 12.9 Å². The van der Waals surface area contributed by atoms with Crippen molar-refractivity contribution in [3.8, 4) is 5.75 Å². The molecule has 8 heteroatoms. The van der Waals surface area contributed by atoms with Gasteiger partial charge in [-0.05, 0) is 48.2 Å². The lowest BCUT2D eigenvalue weighted by atomic mass is 9.94. The van der Waals surface area contributed by atoms with E-state index in [2.05, 4.69) is 5.32 Å². The van der Waals surface area contributed by atoms with E-state index in [1.165, 1.54) is 18.2 Å². The number of benzene rings is 3. The van der Waals surface area contributed by atoms with Crippen LogP contribution < -0.4 is 10.1 Å². The van der Waals surface area contributed by atoms with Crippen LogP contribution >= 0.6 is 35.0 Å². The van der Waals surface area contributed by atoms with Gasteiger partial charge in [-0.25, -0.2) is 0 Å². The molecule has 4 rings (SSSR count). The standard InChI is InChI=1S/C32H36Cl2N2O3S/c1-39-26-17-15-24(16-18-26)21-40-22-31(37)36(20-27-28(33)13-8-14-29(27)34)30(19-23-9-4-2-5-10-23)32(38)35-25-11-6-3-7-12-25/h2,4-5,8-10,13-18,25,30H,3,6-7,11-12,19-22H2,1H3,(H,35,38)/t30-/m1/s1. The molecule has 1 fully saturated rings. The summed E-state index contributed by atoms with van der Waals surface area (Å²) in [5.41, 5.74) is 2.72. The van der Waals surface area contributed by atoms with E-state index in [4.69, 9.17) is 27.9 Å². The molecule has 0 unspecified atom stereocenters. The Hall–Kier alpha value is -2.67. The van der Waals surface area contributed by atoms with Crippen molar-refractivity contribution in [1.82, 2.24) is 10.2 Å². The topological polar surface area (TPSA) is 58.6 Å². The zero-order valence-corrected chi connectivity index (χ0v) is 25.1. The first-order valence-electron chi connectivity index (χ1n) is 13.7. The lowest BCUT2D eigenvalue weighted by Gasteiger charge is -2.34. The van der Waals surface area contributed by atoms with E-state index < -0.39 is 6.04 Å². The number of hydrogen-bond donors (Lipinski definition) is 1. The third kappa shape index (κ3) is 8.66. The molecule has 0 aliphatic heterocycles. The third-order valence-electron chi connectivity index (χ3n) is 7.27. The van der Waals surface area contributed by atoms with Gasteiger partial charge in [-0.15, -0.1) is 11.8 Å². The summed E-state index contributed by atoms with van der Waals surface area (Å²) in [6.45, 7) is 0.149. The van der Waals surface area contributed by atoms with Crippen LogP contribution in [0.4, 0.5) is 0 Å². The van der Waals surface area contributed by atoms with Crippen LogP contribution in [0.25, 0.3) is 0 Å². The van der Waals surface area contributed by atoms with Crippen molar-refractivity contribution in [3.05, 3.63) is 99.5 Å². The maximum absolute atomic E-state index is 13.9. The number of carbonyl (C=O) groups is 2. The lowest BCUT2D eigenvalue weighted by molar-refractivity contribution is -0.139. The molecular weight excluding hydrogens is 563 g/mol. The number of halogens is 2. The first kappa shape index (κ1) is 30.3. The van der Waals surface area contributed by atoms with Crippen molar-refractivity contribution in [3.63, 3.8) is 0 Å². The van der Waals surface area contributed by atoms with Gasteiger partial charge in [0.2, 0.25) is 11.8 Å². The minimum Gasteiger partial charge on any atom is -0.497 e. The molecule has 212 valence electrons. The summed E-state index contributed by atoms with van der Waals surface area (Å²) in [4.78, 5) is 29.5. The molecule has 0 aromatic heterocycles. The van der Waals surface area contributed by atoms with E-state index in [-0.39, 0.29) is 30.2 Å². The molecule has 0 bridgehead atoms. The van der Waals surface area contributed by atoms with Crippen LogP contribution in [0.2, 0.25) is 10.0 Å². The van der Waals surface area contributed by atoms with Crippen molar-refractivity contribution in [2.24, 2.45) is 0 Å². The van der Waals surface area contributed by atoms with Crippen LogP contribution in [0.1, 0.15) is 48.8 Å². The van der Waals surface area contributed by atoms with Crippen LogP contribution in [0.15, 0.2) is 72.8 Å². The van der Waals surface area contributed by atoms with Gasteiger partial charge in [0.1, 0.15) is 11.8 Å². The predicted molar refractivity (Wildman–Crippen MR) is 165 cm³/mol. The van der Waals surface area contributed by atoms with Gasteiger partial charge in [-0.2, -0.15) is 0 Å². The van der Waals surface area contributed by atoms with Gasteiger partial charge in [0, 0.05) is 40.4 Å². The summed E-state index contributed by atoms with van der Waals surface area (Å²) in [5.74, 6) is 1.41. The minimum absolute atomic E-state index is 0.129. The summed E-state index contributed by atoms with van der Waals surface area (Å²) in [6, 6.07) is 22.4. The number of nitrogens with one attached hydrogen (secondary N) is 1. The number of carbonyl (C=O) groups excluding carboxylic acids is 2. The Morgan fingerprint density at radius 1 is 0.925 bits per heavy atom. The number of rotatable bonds is 12. The average Bonchev–Trinajstić information content (AvgIpc) is 2.97. The van der Waals surface area contributed by atoms with E-state index in [1.54, 1.807) is 30.2 Å². The maximum Gasteiger partial charge on any atom is 0.243 e. The highest BCUT2D eigenvalue weighted by Crippen LogP contribution is 2.28. The molecule has 0 saturated heterocycles. The van der Waals surface area contributed by atoms with E-state index in [1.807, 2.05) is 54.6 Å². The second kappa shape index (κ2) is 15.4. The maximum atomic E-state index is 13.9. The Kier molecular flexibility index (Phi) is 11.6. The van der Waals surface area contributed by atoms with Crippen molar-refractivity contribution in [2.75, 3.05) is 12.9 Å². The monoisotopic (exact) mass is 598 g/mol. The molecular formula is C32H36Cl2N2O3S. The van der Waals surface area contributed by atoms with Crippen LogP contribution in [0, 0.1) is 0 Å². The number of ether oxygens (including phenoxy) is 1. The normalized spacial score (nSPS) is 14.4. The fourth-order valence-corrected chi connectivity index (χ4v) is 6.40. The second-order valence-corrected chi connectivity index (χ2v) is 11.9. The molecule has 0 radical (unpaired) electrons. The fraction of sp³-hybridized carbons (Fsp3) is 0.375. The van der Waals surface area contributed by atoms with Gasteiger partial charge >= 0.3 is 0 Å². The molecule has 1 N–H and O–H groups in total. The first-order valence-corrected chi connectivity index (χ1v) is 15.6. The Labute approximate surface area is 251 Å². The smallest absolute Gasteiger partial charge is 0.243 e. The molecule has 3 aromatic carbocycles. The van der Waals surface area contributed by atoms with Crippen molar-refractivity contribution < 1.29 is 14.3 Å². The highest BCUT2D eigenvalue weighted by Gasteiger charge is 2.32. The Bertz CT molecular complexity index is 1230. The largest absolute Gasteiger partial charge is 0.497 e. The first-order chi connectivity index (χ1) is 19.4. The molecule has 0 spiro atoms. The van der Waals surface area contributed by atoms with E-state index in [9.17, 15) is 9.59 Å². The Balaban J connectivity index is 1.58. The highest BCUT2D eigenvalue weighted by molar-refractivity contribution is 7.99. The Morgan fingerprint density at radius 3 is 2.25 bits per heavy atom. The zero-order chi connectivity index (χ0) is 28.3. The van der Waals surface area contributed by atoms with Crippen LogP contribution in [-0.4, -0.2) is 41.7 Å². The summed E-state index contributed by atoms with van der Waals surface area (Å²) in [6.07, 6.45) is 5.73. The van der Waals surface area contributed by atoms with Crippen molar-refractivity contribution in [2.45, 2.75) is 62.9 Å². The molecule has 1 aliphatic carbocycles. The Morgan fingerprint density at radius 2 is 1.60 bits per heavy atom. The molecule has 40 heavy (non-hydrogen) atoms. The lowest BCUT2D eigenvalue weighted by Crippen LogP contribution is -2.53. The third-order valence-corrected chi connectivity index (χ3v) is 8.96. The molecule has 5 nitrogen and oxygen atoms in total. The molecule has 3 aromatic rings.